The monoisotopic (exact) mass is 286 g/mol. The van der Waals surface area contributed by atoms with Gasteiger partial charge >= 0.3 is 11.9 Å². The fraction of sp³-hybridized carbons (Fsp3) is 0.385. The Bertz CT molecular complexity index is 458. The number of alkyl halides is 1. The fourth-order valence-electron chi connectivity index (χ4n) is 1.49. The number of methoxy groups -OCH3 is 2. The summed E-state index contributed by atoms with van der Waals surface area (Å²) in [5.41, 5.74) is 0.993. The van der Waals surface area contributed by atoms with E-state index in [0.29, 0.717) is 16.9 Å². The summed E-state index contributed by atoms with van der Waals surface area (Å²) >= 11 is 5.43. The van der Waals surface area contributed by atoms with Crippen molar-refractivity contribution in [1.82, 2.24) is 0 Å². The molecule has 0 aliphatic heterocycles. The van der Waals surface area contributed by atoms with Crippen LogP contribution >= 0.6 is 11.6 Å². The first-order valence-electron chi connectivity index (χ1n) is 5.59. The molecular formula is C13H15ClO5. The molecule has 0 aliphatic carbocycles. The van der Waals surface area contributed by atoms with Gasteiger partial charge in [0, 0.05) is 5.56 Å². The zero-order valence-electron chi connectivity index (χ0n) is 10.8. The molecule has 0 heterocycles. The van der Waals surface area contributed by atoms with E-state index in [2.05, 4.69) is 4.74 Å². The van der Waals surface area contributed by atoms with E-state index in [1.807, 2.05) is 0 Å². The van der Waals surface area contributed by atoms with Gasteiger partial charge in [0.1, 0.15) is 12.4 Å². The summed E-state index contributed by atoms with van der Waals surface area (Å²) in [5.74, 6) is -0.172. The van der Waals surface area contributed by atoms with Crippen LogP contribution in [-0.2, 0) is 20.7 Å². The van der Waals surface area contributed by atoms with Crippen molar-refractivity contribution in [3.8, 4) is 5.75 Å². The predicted octanol–water partition coefficient (Wildman–Crippen LogP) is 1.81. The minimum absolute atomic E-state index is 0.0571. The second kappa shape index (κ2) is 7.63. The van der Waals surface area contributed by atoms with Gasteiger partial charge in [-0.1, -0.05) is 6.07 Å². The first-order chi connectivity index (χ1) is 9.12. The van der Waals surface area contributed by atoms with Gasteiger partial charge in [-0.15, -0.1) is 11.6 Å². The fourth-order valence-corrected chi connectivity index (χ4v) is 1.57. The number of benzene rings is 1. The Kier molecular flexibility index (Phi) is 6.15. The summed E-state index contributed by atoms with van der Waals surface area (Å²) in [6.45, 7) is 0.170. The largest absolute Gasteiger partial charge is 0.496 e. The lowest BCUT2D eigenvalue weighted by molar-refractivity contribution is -0.142. The van der Waals surface area contributed by atoms with Crippen LogP contribution in [0.4, 0.5) is 0 Å². The molecule has 0 fully saturated rings. The number of esters is 2. The average molecular weight is 287 g/mol. The second-order valence-corrected chi connectivity index (χ2v) is 3.98. The van der Waals surface area contributed by atoms with Crippen molar-refractivity contribution in [2.24, 2.45) is 0 Å². The summed E-state index contributed by atoms with van der Waals surface area (Å²) in [6, 6.07) is 4.72. The number of ether oxygens (including phenoxy) is 3. The van der Waals surface area contributed by atoms with Gasteiger partial charge in [0.2, 0.25) is 0 Å². The highest BCUT2D eigenvalue weighted by molar-refractivity contribution is 6.18. The van der Waals surface area contributed by atoms with Gasteiger partial charge in [0.15, 0.2) is 0 Å². The molecule has 104 valence electrons. The number of carbonyl (C=O) groups excluding carboxylic acids is 2. The highest BCUT2D eigenvalue weighted by atomic mass is 35.5. The van der Waals surface area contributed by atoms with E-state index in [-0.39, 0.29) is 18.9 Å². The van der Waals surface area contributed by atoms with E-state index in [0.717, 1.165) is 0 Å². The van der Waals surface area contributed by atoms with Gasteiger partial charge in [0.25, 0.3) is 0 Å². The van der Waals surface area contributed by atoms with Crippen molar-refractivity contribution in [2.45, 2.75) is 6.42 Å². The van der Waals surface area contributed by atoms with Gasteiger partial charge in [-0.2, -0.15) is 0 Å². The number of rotatable bonds is 6. The van der Waals surface area contributed by atoms with Crippen LogP contribution in [0.1, 0.15) is 15.9 Å². The molecule has 0 N–H and O–H groups in total. The number of carbonyl (C=O) groups is 2. The third-order valence-electron chi connectivity index (χ3n) is 2.38. The molecule has 1 rings (SSSR count). The van der Waals surface area contributed by atoms with E-state index in [4.69, 9.17) is 21.1 Å². The molecule has 0 aromatic heterocycles. The topological polar surface area (TPSA) is 61.8 Å². The molecule has 0 bridgehead atoms. The lowest BCUT2D eigenvalue weighted by Gasteiger charge is -2.09. The van der Waals surface area contributed by atoms with Crippen molar-refractivity contribution >= 4 is 23.5 Å². The second-order valence-electron chi connectivity index (χ2n) is 3.60. The highest BCUT2D eigenvalue weighted by Gasteiger charge is 2.13. The number of hydrogen-bond acceptors (Lipinski definition) is 5. The van der Waals surface area contributed by atoms with Crippen LogP contribution in [0.5, 0.6) is 5.75 Å². The quantitative estimate of drug-likeness (QED) is 0.589. The van der Waals surface area contributed by atoms with E-state index >= 15 is 0 Å². The lowest BCUT2D eigenvalue weighted by Crippen LogP contribution is -2.11. The Morgan fingerprint density at radius 3 is 2.58 bits per heavy atom. The maximum Gasteiger partial charge on any atom is 0.337 e. The minimum Gasteiger partial charge on any atom is -0.496 e. The standard InChI is InChI=1S/C13H15ClO5/c1-17-11-7-10(13(16)18-2)4-3-9(11)8-12(15)19-6-5-14/h3-4,7H,5-6,8H2,1-2H3. The lowest BCUT2D eigenvalue weighted by atomic mass is 10.1. The Labute approximate surface area is 116 Å². The van der Waals surface area contributed by atoms with E-state index in [1.54, 1.807) is 12.1 Å². The summed E-state index contributed by atoms with van der Waals surface area (Å²) < 4.78 is 14.6. The molecule has 0 atom stereocenters. The van der Waals surface area contributed by atoms with Gasteiger partial charge in [-0.25, -0.2) is 4.79 Å². The highest BCUT2D eigenvalue weighted by Crippen LogP contribution is 2.21. The van der Waals surface area contributed by atoms with Crippen LogP contribution in [0.25, 0.3) is 0 Å². The molecule has 5 nitrogen and oxygen atoms in total. The van der Waals surface area contributed by atoms with Crippen LogP contribution in [-0.4, -0.2) is 38.6 Å². The molecule has 0 spiro atoms. The van der Waals surface area contributed by atoms with Crippen molar-refractivity contribution in [1.29, 1.82) is 0 Å². The molecule has 0 aliphatic rings. The maximum absolute atomic E-state index is 11.5. The van der Waals surface area contributed by atoms with Gasteiger partial charge in [-0.05, 0) is 12.1 Å². The summed E-state index contributed by atoms with van der Waals surface area (Å²) in [4.78, 5) is 22.9. The third kappa shape index (κ3) is 4.44. The van der Waals surface area contributed by atoms with Crippen LogP contribution in [0, 0.1) is 0 Å². The van der Waals surface area contributed by atoms with Gasteiger partial charge in [0.05, 0.1) is 32.1 Å². The SMILES string of the molecule is COC(=O)c1ccc(CC(=O)OCCCl)c(OC)c1. The minimum atomic E-state index is -0.463. The summed E-state index contributed by atoms with van der Waals surface area (Å²) in [7, 11) is 2.76. The predicted molar refractivity (Wildman–Crippen MR) is 69.7 cm³/mol. The molecule has 0 unspecified atom stereocenters. The Hall–Kier alpha value is -1.75. The molecule has 0 amide bonds. The smallest absolute Gasteiger partial charge is 0.337 e. The van der Waals surface area contributed by atoms with Crippen molar-refractivity contribution in [2.75, 3.05) is 26.7 Å². The molecule has 0 radical (unpaired) electrons. The Morgan fingerprint density at radius 2 is 2.00 bits per heavy atom. The first-order valence-corrected chi connectivity index (χ1v) is 6.12. The zero-order valence-corrected chi connectivity index (χ0v) is 11.5. The number of halogens is 1. The van der Waals surface area contributed by atoms with Crippen LogP contribution in [0.3, 0.4) is 0 Å². The average Bonchev–Trinajstić information content (AvgIpc) is 2.44. The molecule has 0 saturated carbocycles. The van der Waals surface area contributed by atoms with Crippen molar-refractivity contribution < 1.29 is 23.8 Å². The molecular weight excluding hydrogens is 272 g/mol. The van der Waals surface area contributed by atoms with Gasteiger partial charge in [-0.3, -0.25) is 4.79 Å². The van der Waals surface area contributed by atoms with E-state index in [9.17, 15) is 9.59 Å². The van der Waals surface area contributed by atoms with Crippen molar-refractivity contribution in [3.63, 3.8) is 0 Å². The normalized spacial score (nSPS) is 9.84. The van der Waals surface area contributed by atoms with Crippen LogP contribution in [0.15, 0.2) is 18.2 Å². The molecule has 0 saturated heterocycles. The van der Waals surface area contributed by atoms with E-state index < -0.39 is 11.9 Å². The van der Waals surface area contributed by atoms with E-state index in [1.165, 1.54) is 20.3 Å². The van der Waals surface area contributed by atoms with Crippen LogP contribution in [0.2, 0.25) is 0 Å². The third-order valence-corrected chi connectivity index (χ3v) is 2.54. The molecule has 1 aromatic rings. The molecule has 6 heteroatoms. The Morgan fingerprint density at radius 1 is 1.26 bits per heavy atom. The Balaban J connectivity index is 2.84. The maximum atomic E-state index is 11.5. The summed E-state index contributed by atoms with van der Waals surface area (Å²) in [6.07, 6.45) is 0.0571. The zero-order chi connectivity index (χ0) is 14.3. The van der Waals surface area contributed by atoms with Crippen molar-refractivity contribution in [3.05, 3.63) is 29.3 Å². The van der Waals surface area contributed by atoms with Gasteiger partial charge < -0.3 is 14.2 Å². The van der Waals surface area contributed by atoms with Crippen LogP contribution < -0.4 is 4.74 Å². The molecule has 1 aromatic carbocycles. The molecule has 19 heavy (non-hydrogen) atoms. The summed E-state index contributed by atoms with van der Waals surface area (Å²) in [5, 5.41) is 0. The first kappa shape index (κ1) is 15.3. The number of hydrogen-bond donors (Lipinski definition) is 0.